The molecule has 1 heterocycles. The lowest BCUT2D eigenvalue weighted by molar-refractivity contribution is 0.0964. The van der Waals surface area contributed by atoms with Crippen LogP contribution in [0.2, 0.25) is 0 Å². The average Bonchev–Trinajstić information content (AvgIpc) is 2.80. The van der Waals surface area contributed by atoms with Gasteiger partial charge >= 0.3 is 0 Å². The Bertz CT molecular complexity index is 680. The first-order valence-electron chi connectivity index (χ1n) is 6.36. The number of thiophene rings is 1. The van der Waals surface area contributed by atoms with Crippen LogP contribution < -0.4 is 20.5 Å². The van der Waals surface area contributed by atoms with E-state index in [0.717, 1.165) is 16.0 Å². The zero-order valence-electron chi connectivity index (χ0n) is 12.4. The highest BCUT2D eigenvalue weighted by atomic mass is 32.1. The first kappa shape index (κ1) is 15.2. The summed E-state index contributed by atoms with van der Waals surface area (Å²) in [6.07, 6.45) is 0. The number of ether oxygens (including phenoxy) is 2. The Labute approximate surface area is 127 Å². The number of rotatable bonds is 4. The van der Waals surface area contributed by atoms with Crippen LogP contribution in [0.15, 0.2) is 18.2 Å². The van der Waals surface area contributed by atoms with Crippen LogP contribution in [0.1, 0.15) is 15.9 Å². The topological polar surface area (TPSA) is 73.6 Å². The Balaban J connectivity index is 2.55. The van der Waals surface area contributed by atoms with Crippen LogP contribution in [-0.4, -0.2) is 27.2 Å². The number of nitrogens with one attached hydrogen (secondary N) is 1. The van der Waals surface area contributed by atoms with E-state index in [1.54, 1.807) is 21.3 Å². The van der Waals surface area contributed by atoms with Gasteiger partial charge in [0.1, 0.15) is 0 Å². The Hall–Kier alpha value is -2.21. The van der Waals surface area contributed by atoms with Crippen molar-refractivity contribution in [3.63, 3.8) is 0 Å². The summed E-state index contributed by atoms with van der Waals surface area (Å²) in [5, 5.41) is 3.12. The molecule has 0 spiro atoms. The van der Waals surface area contributed by atoms with Crippen LogP contribution in [0, 0.1) is 6.92 Å². The summed E-state index contributed by atoms with van der Waals surface area (Å²) in [5.41, 5.74) is 8.33. The molecule has 1 aromatic carbocycles. The maximum atomic E-state index is 11.9. The zero-order chi connectivity index (χ0) is 15.6. The van der Waals surface area contributed by atoms with Gasteiger partial charge < -0.3 is 20.5 Å². The molecule has 2 aromatic rings. The van der Waals surface area contributed by atoms with E-state index < -0.39 is 0 Å². The molecule has 2 rings (SSSR count). The number of anilines is 1. The zero-order valence-corrected chi connectivity index (χ0v) is 13.3. The van der Waals surface area contributed by atoms with Crippen molar-refractivity contribution in [1.82, 2.24) is 5.32 Å². The molecule has 1 aromatic heterocycles. The number of nitrogen functional groups attached to an aromatic ring is 1. The van der Waals surface area contributed by atoms with Gasteiger partial charge in [-0.15, -0.1) is 11.3 Å². The molecule has 0 saturated heterocycles. The third-order valence-electron chi connectivity index (χ3n) is 3.27. The summed E-state index contributed by atoms with van der Waals surface area (Å²) in [4.78, 5) is 12.8. The second kappa shape index (κ2) is 6.05. The van der Waals surface area contributed by atoms with Crippen LogP contribution in [0.4, 0.5) is 5.00 Å². The molecule has 5 nitrogen and oxygen atoms in total. The summed E-state index contributed by atoms with van der Waals surface area (Å²) < 4.78 is 10.5. The minimum Gasteiger partial charge on any atom is -0.493 e. The molecule has 6 heteroatoms. The van der Waals surface area contributed by atoms with Crippen molar-refractivity contribution in [2.75, 3.05) is 27.0 Å². The molecular formula is C15H18N2O3S. The Kier molecular flexibility index (Phi) is 4.37. The Morgan fingerprint density at radius 3 is 2.48 bits per heavy atom. The predicted molar refractivity (Wildman–Crippen MR) is 85.4 cm³/mol. The number of carbonyl (C=O) groups is 1. The van der Waals surface area contributed by atoms with Crippen LogP contribution in [-0.2, 0) is 0 Å². The SMILES string of the molecule is CNC(=O)c1c(N)sc(-c2ccc(OC)c(OC)c2)c1C. The fourth-order valence-electron chi connectivity index (χ4n) is 2.20. The monoisotopic (exact) mass is 306 g/mol. The molecule has 0 radical (unpaired) electrons. The highest BCUT2D eigenvalue weighted by molar-refractivity contribution is 7.19. The quantitative estimate of drug-likeness (QED) is 0.911. The van der Waals surface area contributed by atoms with Gasteiger partial charge in [-0.3, -0.25) is 4.79 Å². The molecule has 0 aliphatic heterocycles. The molecule has 0 aliphatic rings. The largest absolute Gasteiger partial charge is 0.493 e. The molecule has 0 bridgehead atoms. The van der Waals surface area contributed by atoms with E-state index in [-0.39, 0.29) is 5.91 Å². The molecule has 0 unspecified atom stereocenters. The van der Waals surface area contributed by atoms with E-state index in [1.807, 2.05) is 25.1 Å². The number of hydrogen-bond acceptors (Lipinski definition) is 5. The third-order valence-corrected chi connectivity index (χ3v) is 4.44. The molecule has 0 saturated carbocycles. The molecule has 0 aliphatic carbocycles. The smallest absolute Gasteiger partial charge is 0.254 e. The van der Waals surface area contributed by atoms with Crippen molar-refractivity contribution < 1.29 is 14.3 Å². The lowest BCUT2D eigenvalue weighted by Crippen LogP contribution is -2.19. The molecule has 0 fully saturated rings. The predicted octanol–water partition coefficient (Wildman–Crippen LogP) is 2.68. The van der Waals surface area contributed by atoms with E-state index in [9.17, 15) is 4.79 Å². The van der Waals surface area contributed by atoms with Crippen molar-refractivity contribution in [1.29, 1.82) is 0 Å². The van der Waals surface area contributed by atoms with Gasteiger partial charge in [0, 0.05) is 11.9 Å². The lowest BCUT2D eigenvalue weighted by Gasteiger charge is -2.09. The fourth-order valence-corrected chi connectivity index (χ4v) is 3.26. The van der Waals surface area contributed by atoms with E-state index in [4.69, 9.17) is 15.2 Å². The standard InChI is InChI=1S/C15H18N2O3S/c1-8-12(15(18)17-2)14(16)21-13(8)9-5-6-10(19-3)11(7-9)20-4/h5-7H,16H2,1-4H3,(H,17,18). The molecule has 3 N–H and O–H groups in total. The second-order valence-electron chi connectivity index (χ2n) is 4.44. The van der Waals surface area contributed by atoms with Crippen molar-refractivity contribution >= 4 is 22.2 Å². The molecule has 21 heavy (non-hydrogen) atoms. The second-order valence-corrected chi connectivity index (χ2v) is 5.50. The highest BCUT2D eigenvalue weighted by Gasteiger charge is 2.20. The first-order chi connectivity index (χ1) is 10.0. The van der Waals surface area contributed by atoms with Crippen LogP contribution in [0.5, 0.6) is 11.5 Å². The fraction of sp³-hybridized carbons (Fsp3) is 0.267. The van der Waals surface area contributed by atoms with Crippen LogP contribution in [0.3, 0.4) is 0 Å². The van der Waals surface area contributed by atoms with Crippen molar-refractivity contribution in [3.8, 4) is 21.9 Å². The van der Waals surface area contributed by atoms with Crippen molar-refractivity contribution in [3.05, 3.63) is 29.3 Å². The van der Waals surface area contributed by atoms with Crippen molar-refractivity contribution in [2.45, 2.75) is 6.92 Å². The van der Waals surface area contributed by atoms with Gasteiger partial charge in [0.2, 0.25) is 0 Å². The van der Waals surface area contributed by atoms with Gasteiger partial charge in [0.15, 0.2) is 11.5 Å². The van der Waals surface area contributed by atoms with Gasteiger partial charge in [0.05, 0.1) is 24.8 Å². The molecule has 1 amide bonds. The van der Waals surface area contributed by atoms with E-state index in [2.05, 4.69) is 5.32 Å². The number of carbonyl (C=O) groups excluding carboxylic acids is 1. The van der Waals surface area contributed by atoms with Crippen LogP contribution >= 0.6 is 11.3 Å². The molecule has 112 valence electrons. The summed E-state index contributed by atoms with van der Waals surface area (Å²) >= 11 is 1.39. The average molecular weight is 306 g/mol. The van der Waals surface area contributed by atoms with E-state index >= 15 is 0 Å². The molecule has 0 atom stereocenters. The van der Waals surface area contributed by atoms with Crippen molar-refractivity contribution in [2.24, 2.45) is 0 Å². The van der Waals surface area contributed by atoms with Gasteiger partial charge in [-0.05, 0) is 36.2 Å². The maximum absolute atomic E-state index is 11.9. The van der Waals surface area contributed by atoms with E-state index in [0.29, 0.717) is 22.1 Å². The normalized spacial score (nSPS) is 10.3. The summed E-state index contributed by atoms with van der Waals surface area (Å²) in [6, 6.07) is 5.64. The Morgan fingerprint density at radius 1 is 1.24 bits per heavy atom. The van der Waals surface area contributed by atoms with Gasteiger partial charge in [-0.25, -0.2) is 0 Å². The number of amides is 1. The van der Waals surface area contributed by atoms with Crippen LogP contribution in [0.25, 0.3) is 10.4 Å². The van der Waals surface area contributed by atoms with E-state index in [1.165, 1.54) is 11.3 Å². The van der Waals surface area contributed by atoms with Gasteiger partial charge in [-0.1, -0.05) is 0 Å². The van der Waals surface area contributed by atoms with Gasteiger partial charge in [-0.2, -0.15) is 0 Å². The number of nitrogens with two attached hydrogens (primary N) is 1. The Morgan fingerprint density at radius 2 is 1.90 bits per heavy atom. The summed E-state index contributed by atoms with van der Waals surface area (Å²) in [6.45, 7) is 1.89. The van der Waals surface area contributed by atoms with Gasteiger partial charge in [0.25, 0.3) is 5.91 Å². The maximum Gasteiger partial charge on any atom is 0.254 e. The number of hydrogen-bond donors (Lipinski definition) is 2. The lowest BCUT2D eigenvalue weighted by atomic mass is 10.1. The summed E-state index contributed by atoms with van der Waals surface area (Å²) in [5.74, 6) is 1.13. The number of methoxy groups -OCH3 is 2. The first-order valence-corrected chi connectivity index (χ1v) is 7.18. The third kappa shape index (κ3) is 2.67. The number of benzene rings is 1. The minimum atomic E-state index is -0.173. The minimum absolute atomic E-state index is 0.173. The molecular weight excluding hydrogens is 288 g/mol. The summed E-state index contributed by atoms with van der Waals surface area (Å²) in [7, 11) is 4.78. The highest BCUT2D eigenvalue weighted by Crippen LogP contribution is 2.41.